The Labute approximate surface area is 157 Å². The molecule has 4 rings (SSSR count). The maximum atomic E-state index is 12.6. The molecule has 0 radical (unpaired) electrons. The van der Waals surface area contributed by atoms with Gasteiger partial charge in [0.2, 0.25) is 0 Å². The maximum Gasteiger partial charge on any atom is 0.410 e. The number of aliphatic hydroxyl groups excluding tert-OH is 2. The van der Waals surface area contributed by atoms with E-state index in [0.29, 0.717) is 13.0 Å². The average molecular weight is 379 g/mol. The highest BCUT2D eigenvalue weighted by molar-refractivity contribution is 5.68. The molecule has 3 aliphatic rings. The van der Waals surface area contributed by atoms with Gasteiger partial charge in [0, 0.05) is 6.54 Å². The zero-order chi connectivity index (χ0) is 19.2. The second kappa shape index (κ2) is 7.03. The second-order valence-electron chi connectivity index (χ2n) is 7.64. The number of rotatable bonds is 3. The van der Waals surface area contributed by atoms with E-state index in [4.69, 9.17) is 18.9 Å². The molecule has 148 valence electrons. The van der Waals surface area contributed by atoms with Gasteiger partial charge in [0.25, 0.3) is 0 Å². The molecule has 0 bridgehead atoms. The van der Waals surface area contributed by atoms with Crippen molar-refractivity contribution in [2.75, 3.05) is 6.54 Å². The lowest BCUT2D eigenvalue weighted by Crippen LogP contribution is -2.52. The van der Waals surface area contributed by atoms with E-state index in [1.54, 1.807) is 13.8 Å². The molecule has 0 spiro atoms. The number of benzene rings is 1. The summed E-state index contributed by atoms with van der Waals surface area (Å²) >= 11 is 0. The molecule has 0 unspecified atom stereocenters. The van der Waals surface area contributed by atoms with Crippen LogP contribution in [0.2, 0.25) is 0 Å². The fraction of sp³-hybridized carbons (Fsp3) is 0.632. The maximum absolute atomic E-state index is 12.6. The van der Waals surface area contributed by atoms with Crippen molar-refractivity contribution in [3.05, 3.63) is 35.9 Å². The number of ether oxygens (including phenoxy) is 4. The molecule has 1 aromatic rings. The van der Waals surface area contributed by atoms with E-state index in [-0.39, 0.29) is 6.61 Å². The minimum atomic E-state index is -1.01. The number of amides is 1. The van der Waals surface area contributed by atoms with Crippen LogP contribution in [0.15, 0.2) is 30.3 Å². The minimum Gasteiger partial charge on any atom is -0.445 e. The first-order valence-corrected chi connectivity index (χ1v) is 9.20. The number of hydrogen-bond donors (Lipinski definition) is 2. The molecule has 6 atom stereocenters. The van der Waals surface area contributed by atoms with E-state index in [1.807, 2.05) is 30.3 Å². The number of aliphatic hydroxyl groups is 2. The van der Waals surface area contributed by atoms with Gasteiger partial charge in [-0.3, -0.25) is 4.90 Å². The van der Waals surface area contributed by atoms with Crippen LogP contribution in [-0.4, -0.2) is 70.3 Å². The van der Waals surface area contributed by atoms with E-state index in [1.165, 1.54) is 4.90 Å². The van der Waals surface area contributed by atoms with Crippen molar-refractivity contribution < 1.29 is 34.0 Å². The molecular weight excluding hydrogens is 354 g/mol. The summed E-state index contributed by atoms with van der Waals surface area (Å²) in [4.78, 5) is 14.0. The highest BCUT2D eigenvalue weighted by Gasteiger charge is 2.59. The Morgan fingerprint density at radius 3 is 2.67 bits per heavy atom. The molecule has 2 N–H and O–H groups in total. The largest absolute Gasteiger partial charge is 0.445 e. The van der Waals surface area contributed by atoms with Crippen LogP contribution < -0.4 is 0 Å². The van der Waals surface area contributed by atoms with Crippen LogP contribution in [-0.2, 0) is 25.6 Å². The van der Waals surface area contributed by atoms with Crippen molar-refractivity contribution in [1.82, 2.24) is 4.90 Å². The van der Waals surface area contributed by atoms with Crippen LogP contribution in [0.1, 0.15) is 25.8 Å². The third kappa shape index (κ3) is 3.55. The van der Waals surface area contributed by atoms with Crippen molar-refractivity contribution in [2.24, 2.45) is 0 Å². The molecule has 8 heteroatoms. The molecule has 3 saturated heterocycles. The standard InChI is InChI=1S/C19H25NO7/c1-19(2)26-16-14(22)15(25-17(16)27-19)13-12(21)8-9-20(13)18(23)24-10-11-6-4-3-5-7-11/h3-7,12-17,21-22H,8-10H2,1-2H3/t12-,13-,14-,15+,16+,17+/m0/s1. The molecule has 3 fully saturated rings. The van der Waals surface area contributed by atoms with Crippen molar-refractivity contribution in [3.8, 4) is 0 Å². The van der Waals surface area contributed by atoms with Crippen LogP contribution in [0.25, 0.3) is 0 Å². The van der Waals surface area contributed by atoms with E-state index in [0.717, 1.165) is 5.56 Å². The second-order valence-corrected chi connectivity index (χ2v) is 7.64. The summed E-state index contributed by atoms with van der Waals surface area (Å²) in [5.74, 6) is -0.843. The van der Waals surface area contributed by atoms with E-state index in [9.17, 15) is 15.0 Å². The van der Waals surface area contributed by atoms with E-state index in [2.05, 4.69) is 0 Å². The number of likely N-dealkylation sites (tertiary alicyclic amines) is 1. The molecule has 3 heterocycles. The number of hydrogen-bond acceptors (Lipinski definition) is 7. The molecular formula is C19H25NO7. The van der Waals surface area contributed by atoms with Gasteiger partial charge in [-0.05, 0) is 25.8 Å². The molecule has 1 amide bonds. The van der Waals surface area contributed by atoms with Gasteiger partial charge in [0.1, 0.15) is 24.9 Å². The van der Waals surface area contributed by atoms with Crippen LogP contribution in [0, 0.1) is 0 Å². The smallest absolute Gasteiger partial charge is 0.410 e. The number of fused-ring (bicyclic) bond motifs is 1. The van der Waals surface area contributed by atoms with Gasteiger partial charge in [-0.2, -0.15) is 0 Å². The highest BCUT2D eigenvalue weighted by Crippen LogP contribution is 2.40. The fourth-order valence-electron chi connectivity index (χ4n) is 4.01. The summed E-state index contributed by atoms with van der Waals surface area (Å²) in [7, 11) is 0. The topological polar surface area (TPSA) is 97.7 Å². The normalized spacial score (nSPS) is 37.4. The summed E-state index contributed by atoms with van der Waals surface area (Å²) in [6.45, 7) is 3.95. The Morgan fingerprint density at radius 1 is 1.22 bits per heavy atom. The third-order valence-corrected chi connectivity index (χ3v) is 5.25. The zero-order valence-electron chi connectivity index (χ0n) is 15.4. The summed E-state index contributed by atoms with van der Waals surface area (Å²) in [5.41, 5.74) is 0.873. The Balaban J connectivity index is 1.43. The van der Waals surface area contributed by atoms with Crippen molar-refractivity contribution in [1.29, 1.82) is 0 Å². The lowest BCUT2D eigenvalue weighted by atomic mass is 9.99. The lowest BCUT2D eigenvalue weighted by Gasteiger charge is -2.33. The first-order valence-electron chi connectivity index (χ1n) is 9.20. The van der Waals surface area contributed by atoms with Gasteiger partial charge in [0.15, 0.2) is 12.1 Å². The molecule has 0 aromatic heterocycles. The van der Waals surface area contributed by atoms with Crippen molar-refractivity contribution >= 4 is 6.09 Å². The molecule has 0 saturated carbocycles. The molecule has 8 nitrogen and oxygen atoms in total. The van der Waals surface area contributed by atoms with E-state index >= 15 is 0 Å². The third-order valence-electron chi connectivity index (χ3n) is 5.25. The number of carbonyl (C=O) groups excluding carboxylic acids is 1. The lowest BCUT2D eigenvalue weighted by molar-refractivity contribution is -0.222. The minimum absolute atomic E-state index is 0.138. The Kier molecular flexibility index (Phi) is 4.85. The first-order chi connectivity index (χ1) is 12.9. The van der Waals surface area contributed by atoms with Gasteiger partial charge in [0.05, 0.1) is 12.1 Å². The van der Waals surface area contributed by atoms with Crippen LogP contribution >= 0.6 is 0 Å². The zero-order valence-corrected chi connectivity index (χ0v) is 15.4. The quantitative estimate of drug-likeness (QED) is 0.808. The molecule has 3 aliphatic heterocycles. The Bertz CT molecular complexity index is 682. The molecule has 0 aliphatic carbocycles. The predicted molar refractivity (Wildman–Crippen MR) is 92.4 cm³/mol. The van der Waals surface area contributed by atoms with Crippen molar-refractivity contribution in [3.63, 3.8) is 0 Å². The number of nitrogens with zero attached hydrogens (tertiary/aromatic N) is 1. The summed E-state index contributed by atoms with van der Waals surface area (Å²) < 4.78 is 22.6. The van der Waals surface area contributed by atoms with Crippen LogP contribution in [0.5, 0.6) is 0 Å². The average Bonchev–Trinajstić information content (AvgIpc) is 3.25. The van der Waals surface area contributed by atoms with E-state index < -0.39 is 48.6 Å². The van der Waals surface area contributed by atoms with Gasteiger partial charge >= 0.3 is 6.09 Å². The molecule has 1 aromatic carbocycles. The first kappa shape index (κ1) is 18.6. The predicted octanol–water partition coefficient (Wildman–Crippen LogP) is 0.996. The summed E-state index contributed by atoms with van der Waals surface area (Å²) in [5, 5.41) is 21.1. The Morgan fingerprint density at radius 2 is 1.96 bits per heavy atom. The summed E-state index contributed by atoms with van der Waals surface area (Å²) in [6, 6.07) is 8.64. The van der Waals surface area contributed by atoms with Crippen molar-refractivity contribution in [2.45, 2.75) is 69.4 Å². The number of carbonyl (C=O) groups is 1. The summed E-state index contributed by atoms with van der Waals surface area (Å²) in [6.07, 6.45) is -4.18. The van der Waals surface area contributed by atoms with Gasteiger partial charge in [-0.15, -0.1) is 0 Å². The van der Waals surface area contributed by atoms with Crippen LogP contribution in [0.4, 0.5) is 4.79 Å². The monoisotopic (exact) mass is 379 g/mol. The van der Waals surface area contributed by atoms with Gasteiger partial charge in [-0.1, -0.05) is 30.3 Å². The Hall–Kier alpha value is -1.71. The SMILES string of the molecule is CC1(C)O[C@H]2O[C@H]([C@@H]3[C@@H](O)CCN3C(=O)OCc3ccccc3)[C@H](O)[C@H]2O1. The molecule has 27 heavy (non-hydrogen) atoms. The van der Waals surface area contributed by atoms with Gasteiger partial charge in [-0.25, -0.2) is 4.79 Å². The van der Waals surface area contributed by atoms with Crippen LogP contribution in [0.3, 0.4) is 0 Å². The fourth-order valence-corrected chi connectivity index (χ4v) is 4.01. The highest BCUT2D eigenvalue weighted by atomic mass is 16.8. The van der Waals surface area contributed by atoms with Gasteiger partial charge < -0.3 is 29.2 Å².